The highest BCUT2D eigenvalue weighted by molar-refractivity contribution is 7.95. The van der Waals surface area contributed by atoms with E-state index in [4.69, 9.17) is 21.7 Å². The molecule has 0 unspecified atom stereocenters. The maximum atomic E-state index is 10.3. The number of para-hydroxylation sites is 6. The number of rotatable bonds is 15. The van der Waals surface area contributed by atoms with Crippen molar-refractivity contribution in [1.29, 1.82) is 0 Å². The molecule has 9 aromatic carbocycles. The highest BCUT2D eigenvalue weighted by Crippen LogP contribution is 2.58. The standard InChI is InChI=1S/C26H22N2P.C18H15P.C17H14N4.C17H12N4.C9H6N2O.C8H7ClN2.CH4O.ClH/c1-4-12-23(13-5-1)29(24-14-6-2-7-15-24,25-16-8-3-9-17-25)21-22-20-28-19-11-10-18-26(28)27-22;1-4-10-16(11-5-1)19(17-12-6-2-7-13-17)18-14-8-3-9-15-18;2*1-2-6-16-15(5-1)18-11-13(19-16)8-9-14-12-21-10-4-3-7-17(21)20-14;12-6-7-5-10-8-3-1-2-4-9(8)11-7;9-5-7-6-11-4-2-1-3-8(11)10-7;1-2;/h1-20H,21H2;1-15H;1-7,10-12H,8-9H2;1-12H;1-6H;1-4,6H,5H2;2H,1H3;1H/q+1;;;;;;;/p-1. The molecule has 570 valence electrons. The van der Waals surface area contributed by atoms with Gasteiger partial charge in [-0.3, -0.25) is 19.7 Å². The van der Waals surface area contributed by atoms with E-state index in [0.717, 1.165) is 116 Å². The van der Waals surface area contributed by atoms with Crippen LogP contribution >= 0.6 is 26.8 Å². The minimum atomic E-state index is -1.91. The third-order valence-electron chi connectivity index (χ3n) is 18.4. The number of fused-ring (bicyclic) bond motifs is 7. The molecule has 0 saturated carbocycles. The van der Waals surface area contributed by atoms with Crippen LogP contribution in [0.2, 0.25) is 0 Å². The minimum absolute atomic E-state index is 0. The van der Waals surface area contributed by atoms with Crippen molar-refractivity contribution < 1.29 is 22.3 Å². The maximum absolute atomic E-state index is 10.3. The second-order valence-electron chi connectivity index (χ2n) is 26.0. The summed E-state index contributed by atoms with van der Waals surface area (Å²) in [5, 5.41) is 15.3. The van der Waals surface area contributed by atoms with E-state index in [9.17, 15) is 4.79 Å². The van der Waals surface area contributed by atoms with Crippen LogP contribution in [0, 0.1) is 0 Å². The SMILES string of the molecule is C(=Cc1cn2ccccc2n1)c1cnc2ccccc2n1.CO.ClCc1cn2ccccc2n1.O=Cc1cnc2ccccc2n1.[Cl-].c1ccc(P(c2ccccc2)c2ccccc2)cc1.c1ccc([P+](Cc2cn3ccccc3n2)(c2ccccc2)c2ccccc2)cc1.c1ccc2nc(CCc3cn4ccccc4n3)cnc2c1. The summed E-state index contributed by atoms with van der Waals surface area (Å²) < 4.78 is 8.11. The molecule has 0 aliphatic heterocycles. The van der Waals surface area contributed by atoms with Gasteiger partial charge in [0.2, 0.25) is 0 Å². The summed E-state index contributed by atoms with van der Waals surface area (Å²) >= 11 is 5.62. The molecule has 20 heteroatoms. The third-order valence-corrected chi connectivity index (χ3v) is 25.5. The van der Waals surface area contributed by atoms with Crippen molar-refractivity contribution in [3.05, 3.63) is 436 Å². The van der Waals surface area contributed by atoms with Gasteiger partial charge >= 0.3 is 0 Å². The van der Waals surface area contributed by atoms with Crippen molar-refractivity contribution in [2.75, 3.05) is 7.11 Å². The predicted octanol–water partition coefficient (Wildman–Crippen LogP) is 14.9. The van der Waals surface area contributed by atoms with Crippen LogP contribution in [0.3, 0.4) is 0 Å². The molecule has 0 fully saturated rings. The van der Waals surface area contributed by atoms with Gasteiger partial charge in [0.25, 0.3) is 0 Å². The number of aromatic nitrogens is 14. The summed E-state index contributed by atoms with van der Waals surface area (Å²) in [5.41, 5.74) is 15.3. The predicted molar refractivity (Wildman–Crippen MR) is 473 cm³/mol. The summed E-state index contributed by atoms with van der Waals surface area (Å²) in [7, 11) is -1.35. The Balaban J connectivity index is 0.000000123. The van der Waals surface area contributed by atoms with E-state index in [-0.39, 0.29) is 12.4 Å². The zero-order valence-electron chi connectivity index (χ0n) is 63.4. The normalized spacial score (nSPS) is 10.9. The van der Waals surface area contributed by atoms with Gasteiger partial charge in [0.15, 0.2) is 6.29 Å². The highest BCUT2D eigenvalue weighted by atomic mass is 35.5. The van der Waals surface area contributed by atoms with Gasteiger partial charge in [-0.2, -0.15) is 0 Å². The molecule has 1 N–H and O–H groups in total. The summed E-state index contributed by atoms with van der Waals surface area (Å²) in [5.74, 6) is 0.474. The second-order valence-corrected chi connectivity index (χ2v) is 32.0. The zero-order valence-corrected chi connectivity index (χ0v) is 66.7. The number of hydrogen-bond acceptors (Lipinski definition) is 12. The highest BCUT2D eigenvalue weighted by Gasteiger charge is 2.46. The van der Waals surface area contributed by atoms with Gasteiger partial charge < -0.3 is 35.1 Å². The third kappa shape index (κ3) is 20.7. The second kappa shape index (κ2) is 40.9. The van der Waals surface area contributed by atoms with Crippen LogP contribution in [-0.2, 0) is 24.9 Å². The molecule has 11 aromatic heterocycles. The van der Waals surface area contributed by atoms with Gasteiger partial charge in [-0.05, 0) is 170 Å². The number of hydrogen-bond donors (Lipinski definition) is 1. The number of carbonyl (C=O) groups excluding carboxylic acids is 1. The van der Waals surface area contributed by atoms with E-state index in [1.807, 2.05) is 202 Å². The summed E-state index contributed by atoms with van der Waals surface area (Å²) in [6.45, 7) is 0. The van der Waals surface area contributed by atoms with Crippen molar-refractivity contribution in [3.8, 4) is 0 Å². The fourth-order valence-electron chi connectivity index (χ4n) is 13.1. The molecule has 0 atom stereocenters. The van der Waals surface area contributed by atoms with Crippen molar-refractivity contribution in [2.45, 2.75) is 24.9 Å². The van der Waals surface area contributed by atoms with Crippen molar-refractivity contribution in [1.82, 2.24) is 67.4 Å². The number of imidazole rings is 4. The first kappa shape index (κ1) is 80.6. The fraction of sp³-hybridized carbons (Fsp3) is 0.0521. The van der Waals surface area contributed by atoms with Gasteiger partial charge in [0, 0.05) is 62.9 Å². The lowest BCUT2D eigenvalue weighted by Gasteiger charge is -2.27. The molecule has 0 radical (unpaired) electrons. The number of nitrogens with zero attached hydrogens (tertiary/aromatic N) is 14. The van der Waals surface area contributed by atoms with Crippen LogP contribution in [0.25, 0.3) is 67.8 Å². The minimum Gasteiger partial charge on any atom is -1.00 e. The lowest BCUT2D eigenvalue weighted by Crippen LogP contribution is -3.00. The molecule has 20 aromatic rings. The molecule has 0 bridgehead atoms. The topological polar surface area (TPSA) is 184 Å². The average molecular weight is 1590 g/mol. The summed E-state index contributed by atoms with van der Waals surface area (Å²) in [4.78, 5) is 54.9. The number of aryl methyl sites for hydroxylation is 2. The van der Waals surface area contributed by atoms with Crippen LogP contribution in [0.5, 0.6) is 0 Å². The molecule has 0 saturated heterocycles. The smallest absolute Gasteiger partial charge is 0.170 e. The number of aliphatic hydroxyl groups is 1. The number of pyridine rings is 4. The van der Waals surface area contributed by atoms with Crippen LogP contribution < -0.4 is 44.2 Å². The van der Waals surface area contributed by atoms with E-state index < -0.39 is 15.2 Å². The Kier molecular flexibility index (Phi) is 28.4. The Morgan fingerprint density at radius 1 is 0.319 bits per heavy atom. The molecule has 0 aliphatic rings. The van der Waals surface area contributed by atoms with Crippen LogP contribution in [0.4, 0.5) is 0 Å². The maximum Gasteiger partial charge on any atom is 0.170 e. The first-order valence-corrected chi connectivity index (χ1v) is 41.2. The van der Waals surface area contributed by atoms with Crippen LogP contribution in [0.15, 0.2) is 396 Å². The number of aldehydes is 1. The number of carbonyl (C=O) groups is 1. The Morgan fingerprint density at radius 2 is 0.638 bits per heavy atom. The van der Waals surface area contributed by atoms with Gasteiger partial charge in [0.1, 0.15) is 57.6 Å². The molecule has 11 heterocycles. The number of aliphatic hydroxyl groups excluding tert-OH is 1. The fourth-order valence-corrected chi connectivity index (χ4v) is 19.6. The summed E-state index contributed by atoms with van der Waals surface area (Å²) in [6, 6.07) is 112. The Bertz CT molecular complexity index is 6160. The molecule has 16 nitrogen and oxygen atoms in total. The lowest BCUT2D eigenvalue weighted by molar-refractivity contribution is -0.0000296. The number of benzene rings is 9. The van der Waals surface area contributed by atoms with Crippen LogP contribution in [0.1, 0.15) is 44.7 Å². The largest absolute Gasteiger partial charge is 1.00 e. The number of alkyl halides is 1. The Morgan fingerprint density at radius 3 is 1.06 bits per heavy atom. The van der Waals surface area contributed by atoms with Gasteiger partial charge in [-0.1, -0.05) is 206 Å². The Labute approximate surface area is 685 Å². The summed E-state index contributed by atoms with van der Waals surface area (Å²) in [6.07, 6.45) is 28.5. The van der Waals surface area contributed by atoms with E-state index in [1.54, 1.807) is 6.20 Å². The molecule has 0 aliphatic carbocycles. The van der Waals surface area contributed by atoms with Crippen molar-refractivity contribution in [3.63, 3.8) is 0 Å². The number of halogens is 2. The van der Waals surface area contributed by atoms with E-state index in [1.165, 1.54) is 38.0 Å². The molecule has 0 amide bonds. The van der Waals surface area contributed by atoms with Gasteiger partial charge in [-0.15, -0.1) is 11.6 Å². The zero-order chi connectivity index (χ0) is 78.6. The van der Waals surface area contributed by atoms with Crippen LogP contribution in [-0.4, -0.2) is 85.9 Å². The van der Waals surface area contributed by atoms with Gasteiger partial charge in [-0.25, -0.2) is 34.9 Å². The monoisotopic (exact) mass is 1590 g/mol. The lowest BCUT2D eigenvalue weighted by atomic mass is 10.2. The Hall–Kier alpha value is -13.4. The van der Waals surface area contributed by atoms with Crippen molar-refractivity contribution in [2.24, 2.45) is 0 Å². The molecular weight excluding hydrogens is 1510 g/mol. The molecular formula is C96H80Cl2N14O2P2. The first-order valence-electron chi connectivity index (χ1n) is 37.4. The average Bonchev–Trinajstić information content (AvgIpc) is 1.11. The van der Waals surface area contributed by atoms with E-state index in [0.29, 0.717) is 17.9 Å². The molecule has 0 spiro atoms. The van der Waals surface area contributed by atoms with E-state index in [2.05, 4.69) is 256 Å². The van der Waals surface area contributed by atoms with Gasteiger partial charge in [0.05, 0.1) is 85.5 Å². The quantitative estimate of drug-likeness (QED) is 0.0583. The van der Waals surface area contributed by atoms with E-state index >= 15 is 0 Å². The first-order chi connectivity index (χ1) is 56.9. The van der Waals surface area contributed by atoms with Crippen molar-refractivity contribution >= 4 is 133 Å². The molecule has 116 heavy (non-hydrogen) atoms. The molecule has 20 rings (SSSR count).